The van der Waals surface area contributed by atoms with Crippen molar-refractivity contribution in [2.45, 2.75) is 180 Å². The fourth-order valence-corrected chi connectivity index (χ4v) is 11.6. The molecule has 8 rings (SSSR count). The summed E-state index contributed by atoms with van der Waals surface area (Å²) in [5.41, 5.74) is 12.4. The van der Waals surface area contributed by atoms with Crippen molar-refractivity contribution in [3.05, 3.63) is 60.2 Å². The lowest BCUT2D eigenvalue weighted by molar-refractivity contribution is -0.352. The highest BCUT2D eigenvalue weighted by Gasteiger charge is 2.54. The van der Waals surface area contributed by atoms with Crippen LogP contribution in [0.2, 0.25) is 0 Å². The number of esters is 1. The van der Waals surface area contributed by atoms with Gasteiger partial charge in [-0.1, -0.05) is 44.2 Å². The third-order valence-corrected chi connectivity index (χ3v) is 17.0. The highest BCUT2D eigenvalue weighted by molar-refractivity contribution is 6.04. The van der Waals surface area contributed by atoms with E-state index in [0.717, 1.165) is 9.80 Å². The summed E-state index contributed by atoms with van der Waals surface area (Å²) in [4.78, 5) is 110. The molecule has 532 valence electrons. The predicted molar refractivity (Wildman–Crippen MR) is 323 cm³/mol. The summed E-state index contributed by atoms with van der Waals surface area (Å²) in [6, 6.07) is 0.0585. The molecule has 96 heavy (non-hydrogen) atoms. The van der Waals surface area contributed by atoms with Gasteiger partial charge in [-0.25, -0.2) is 0 Å². The number of aliphatic hydroxyl groups is 13. The van der Waals surface area contributed by atoms with Crippen LogP contribution in [0.3, 0.4) is 0 Å². The molecule has 0 saturated carbocycles. The van der Waals surface area contributed by atoms with E-state index in [1.165, 1.54) is 55.5 Å². The van der Waals surface area contributed by atoms with E-state index in [4.69, 9.17) is 39.9 Å². The molecule has 4 fully saturated rings. The number of nitrogens with zero attached hydrogens (tertiary/aromatic N) is 4. The van der Waals surface area contributed by atoms with Gasteiger partial charge in [0.05, 0.1) is 51.5 Å². The van der Waals surface area contributed by atoms with Gasteiger partial charge in [0, 0.05) is 18.5 Å². The van der Waals surface area contributed by atoms with E-state index in [1.54, 1.807) is 19.9 Å². The lowest BCUT2D eigenvalue weighted by Gasteiger charge is -2.46. The van der Waals surface area contributed by atoms with Crippen LogP contribution in [-0.4, -0.2) is 317 Å². The minimum absolute atomic E-state index is 0.0201. The molecule has 6 heterocycles. The summed E-state index contributed by atoms with van der Waals surface area (Å²) in [7, 11) is 0. The topological polar surface area (TPSA) is 593 Å². The zero-order valence-electron chi connectivity index (χ0n) is 52.1. The van der Waals surface area contributed by atoms with Crippen LogP contribution in [0.25, 0.3) is 0 Å². The number of carbonyl (C=O) groups excluding carboxylic acids is 7. The van der Waals surface area contributed by atoms with E-state index >= 15 is 9.59 Å². The van der Waals surface area contributed by atoms with Gasteiger partial charge in [-0.3, -0.25) is 48.4 Å². The zero-order chi connectivity index (χ0) is 70.1. The van der Waals surface area contributed by atoms with Crippen LogP contribution in [0.5, 0.6) is 5.75 Å². The number of amides is 6. The number of hydrogen-bond donors (Lipinski definition) is 21. The maximum absolute atomic E-state index is 15.1. The molecule has 38 heteroatoms. The van der Waals surface area contributed by atoms with Crippen molar-refractivity contribution < 1.29 is 128 Å². The number of para-hydroxylation sites is 1. The number of carbonyl (C=O) groups is 7. The van der Waals surface area contributed by atoms with Gasteiger partial charge < -0.3 is 143 Å². The molecule has 0 aromatic heterocycles. The first-order valence-corrected chi connectivity index (χ1v) is 30.7. The molecule has 0 bridgehead atoms. The summed E-state index contributed by atoms with van der Waals surface area (Å²) in [5.74, 6) is -8.81. The van der Waals surface area contributed by atoms with Crippen LogP contribution in [-0.2, 0) is 63.7 Å². The van der Waals surface area contributed by atoms with Gasteiger partial charge in [0.15, 0.2) is 24.4 Å². The molecule has 0 aliphatic carbocycles. The molecule has 0 spiro atoms. The van der Waals surface area contributed by atoms with Gasteiger partial charge in [0.1, 0.15) is 128 Å². The van der Waals surface area contributed by atoms with Crippen molar-refractivity contribution in [2.75, 3.05) is 51.0 Å². The Morgan fingerprint density at radius 2 is 1.24 bits per heavy atom. The predicted octanol–water partition coefficient (Wildman–Crippen LogP) is -11.9. The fourth-order valence-electron chi connectivity index (χ4n) is 11.6. The standard InChI is InChI=1S/C58H84N12O26/c1-22(2)13-35(75)91-21-33-41(79)43(81)46(84)56(95-33)96-48-32(20-73)94-55(47(85)44(48)82)92-26-11-9-24(10-12-26)14-27-51(88)67-36(38(76)28-15-62-57(59)66-28)53(90)68-37(39(77)30-16-63-58(60)70(30)54-45(83)42(80)40(78)31(19-72)93-54)52(89)65-29(18-71)50(87)61-17-34(74)69(23(3)49(86)64-27)25-7-5-4-6-8-25/h4-12,22-23,27-33,36-48,54-56,71-73,76-85H,13-21H2,1-3H3,(H2,60,63)(H,61,87)(H,64,86)(H,65,89)(H,67,88)(H,68,90)(H3,59,62,66). The van der Waals surface area contributed by atoms with Gasteiger partial charge >= 0.3 is 5.97 Å². The van der Waals surface area contributed by atoms with Crippen LogP contribution in [0, 0.1) is 5.92 Å². The Kier molecular flexibility index (Phi) is 25.2. The molecule has 24 unspecified atom stereocenters. The summed E-state index contributed by atoms with van der Waals surface area (Å²) in [6.07, 6.45) is -32.0. The monoisotopic (exact) mass is 1360 g/mol. The third kappa shape index (κ3) is 17.0. The molecule has 4 saturated heterocycles. The van der Waals surface area contributed by atoms with Crippen LogP contribution >= 0.6 is 0 Å². The maximum Gasteiger partial charge on any atom is 0.306 e. The van der Waals surface area contributed by atoms with E-state index in [0.29, 0.717) is 0 Å². The number of benzene rings is 2. The summed E-state index contributed by atoms with van der Waals surface area (Å²) < 4.78 is 34.0. The Balaban J connectivity index is 1.08. The van der Waals surface area contributed by atoms with Gasteiger partial charge in [-0.05, 0) is 42.7 Å². The van der Waals surface area contributed by atoms with Crippen LogP contribution in [0.4, 0.5) is 5.69 Å². The molecule has 2 aromatic carbocycles. The second kappa shape index (κ2) is 32.6. The first-order chi connectivity index (χ1) is 45.6. The molecule has 23 N–H and O–H groups in total. The maximum atomic E-state index is 15.1. The van der Waals surface area contributed by atoms with Crippen molar-refractivity contribution in [3.8, 4) is 5.75 Å². The van der Waals surface area contributed by atoms with Gasteiger partial charge in [0.2, 0.25) is 41.7 Å². The molecule has 6 amide bonds. The highest BCUT2D eigenvalue weighted by Crippen LogP contribution is 2.33. The minimum atomic E-state index is -2.36. The van der Waals surface area contributed by atoms with Crippen LogP contribution < -0.4 is 53.0 Å². The molecular weight excluding hydrogens is 1280 g/mol. The van der Waals surface area contributed by atoms with E-state index in [9.17, 15) is 90.4 Å². The first kappa shape index (κ1) is 74.2. The van der Waals surface area contributed by atoms with Gasteiger partial charge in [-0.15, -0.1) is 0 Å². The lowest BCUT2D eigenvalue weighted by Crippen LogP contribution is -2.70. The van der Waals surface area contributed by atoms with Crippen molar-refractivity contribution in [3.63, 3.8) is 0 Å². The van der Waals surface area contributed by atoms with Gasteiger partial charge in [0.25, 0.3) is 0 Å². The Labute approximate surface area is 547 Å². The largest absolute Gasteiger partial charge is 0.463 e. The average Bonchev–Trinajstić information content (AvgIpc) is 1.44. The van der Waals surface area contributed by atoms with Crippen molar-refractivity contribution in [2.24, 2.45) is 27.4 Å². The molecule has 6 aliphatic heterocycles. The zero-order valence-corrected chi connectivity index (χ0v) is 52.1. The number of aliphatic imine (C=N–C) groups is 2. The smallest absolute Gasteiger partial charge is 0.306 e. The second-order valence-corrected chi connectivity index (χ2v) is 24.2. The highest BCUT2D eigenvalue weighted by atomic mass is 16.7. The van der Waals surface area contributed by atoms with Crippen molar-refractivity contribution in [1.29, 1.82) is 0 Å². The molecule has 0 radical (unpaired) electrons. The number of nitrogens with one attached hydrogen (secondary N) is 6. The average molecular weight is 1370 g/mol. The number of hydrogen-bond acceptors (Lipinski definition) is 32. The van der Waals surface area contributed by atoms with Crippen LogP contribution in [0.15, 0.2) is 64.6 Å². The summed E-state index contributed by atoms with van der Waals surface area (Å²) >= 11 is 0. The number of anilines is 1. The molecule has 24 atom stereocenters. The molecule has 38 nitrogen and oxygen atoms in total. The second-order valence-electron chi connectivity index (χ2n) is 24.2. The van der Waals surface area contributed by atoms with Crippen LogP contribution in [0.1, 0.15) is 32.8 Å². The number of aliphatic hydroxyl groups excluding tert-OH is 13. The SMILES string of the molecule is CC(C)CC(=O)OCC1OC(OC2C(CO)OC(Oc3ccc(CC4NC(=O)C(C)N(c5ccccc5)C(=O)CNC(=O)C(CO)NC(=O)C(C(O)C5CN=C(N)N5C5OC(CO)C(O)C(O)C5O)NC(=O)C(C(O)C5CN=C(N)N5)NC4=O)cc3)C(O)C2O)C(O)C(O)C1O. The van der Waals surface area contributed by atoms with E-state index in [-0.39, 0.29) is 41.8 Å². The molecular formula is C58H84N12O26. The number of ether oxygens (including phenoxy) is 6. The Morgan fingerprint density at radius 3 is 1.88 bits per heavy atom. The quantitative estimate of drug-likeness (QED) is 0.0581. The normalized spacial score (nSPS) is 36.0. The van der Waals surface area contributed by atoms with E-state index < -0.39 is 240 Å². The third-order valence-electron chi connectivity index (χ3n) is 17.0. The first-order valence-electron chi connectivity index (χ1n) is 30.7. The lowest BCUT2D eigenvalue weighted by atomic mass is 9.95. The number of rotatable bonds is 19. The molecule has 6 aliphatic rings. The van der Waals surface area contributed by atoms with Crippen molar-refractivity contribution >= 4 is 59.0 Å². The van der Waals surface area contributed by atoms with E-state index in [2.05, 4.69) is 41.9 Å². The Hall–Kier alpha value is -7.61. The number of nitrogens with two attached hydrogens (primary N) is 2. The fraction of sp³-hybridized carbons (Fsp3) is 0.638. The van der Waals surface area contributed by atoms with Crippen molar-refractivity contribution in [1.82, 2.24) is 36.8 Å². The summed E-state index contributed by atoms with van der Waals surface area (Å²) in [6.45, 7) is -0.525. The Bertz CT molecular complexity index is 3090. The molecule has 2 aromatic rings. The summed E-state index contributed by atoms with van der Waals surface area (Å²) in [5, 5.41) is 157. The number of guanidine groups is 2. The minimum Gasteiger partial charge on any atom is -0.463 e. The van der Waals surface area contributed by atoms with Gasteiger partial charge in [-0.2, -0.15) is 0 Å². The Morgan fingerprint density at radius 1 is 0.635 bits per heavy atom. The van der Waals surface area contributed by atoms with E-state index in [1.807, 2.05) is 0 Å².